The van der Waals surface area contributed by atoms with Crippen LogP contribution in [0.15, 0.2) is 34.9 Å². The topological polar surface area (TPSA) is 63.6 Å². The third-order valence-corrected chi connectivity index (χ3v) is 3.28. The molecule has 2 heterocycles. The molecule has 0 amide bonds. The molecule has 0 saturated heterocycles. The summed E-state index contributed by atoms with van der Waals surface area (Å²) in [7, 11) is 0. The van der Waals surface area contributed by atoms with E-state index >= 15 is 0 Å². The number of fused-ring (bicyclic) bond motifs is 1. The van der Waals surface area contributed by atoms with E-state index in [9.17, 15) is 0 Å². The molecule has 0 aliphatic rings. The van der Waals surface area contributed by atoms with Gasteiger partial charge in [-0.15, -0.1) is 0 Å². The van der Waals surface area contributed by atoms with E-state index < -0.39 is 0 Å². The van der Waals surface area contributed by atoms with E-state index in [1.165, 1.54) is 0 Å². The van der Waals surface area contributed by atoms with E-state index in [1.54, 1.807) is 6.20 Å². The molecule has 2 aromatic heterocycles. The molecule has 5 nitrogen and oxygen atoms in total. The molecule has 1 aromatic carbocycles. The quantitative estimate of drug-likeness (QED) is 0.731. The Kier molecular flexibility index (Phi) is 3.69. The number of hydrogen-bond donors (Lipinski definition) is 1. The molecule has 0 atom stereocenters. The van der Waals surface area contributed by atoms with E-state index in [0.29, 0.717) is 0 Å². The van der Waals surface area contributed by atoms with Crippen LogP contribution in [-0.4, -0.2) is 19.9 Å². The Morgan fingerprint density at radius 1 is 1.05 bits per heavy atom. The van der Waals surface area contributed by atoms with Crippen molar-refractivity contribution in [3.8, 4) is 0 Å². The molecule has 0 aliphatic carbocycles. The Labute approximate surface area is 132 Å². The van der Waals surface area contributed by atoms with Crippen LogP contribution in [0.3, 0.4) is 0 Å². The van der Waals surface area contributed by atoms with Gasteiger partial charge in [0.15, 0.2) is 0 Å². The lowest BCUT2D eigenvalue weighted by atomic mass is 10.2. The molecule has 0 bridgehead atoms. The van der Waals surface area contributed by atoms with Crippen molar-refractivity contribution in [1.29, 1.82) is 0 Å². The number of para-hydroxylation sites is 1. The second kappa shape index (κ2) is 5.47. The van der Waals surface area contributed by atoms with Gasteiger partial charge in [-0.05, 0) is 51.3 Å². The number of benzene rings is 1. The average Bonchev–Trinajstić information content (AvgIpc) is 2.37. The first-order valence-corrected chi connectivity index (χ1v) is 7.05. The van der Waals surface area contributed by atoms with Crippen molar-refractivity contribution >= 4 is 61.7 Å². The lowest BCUT2D eigenvalue weighted by molar-refractivity contribution is 1.05. The van der Waals surface area contributed by atoms with E-state index in [1.807, 2.05) is 24.3 Å². The molecule has 0 aliphatic heterocycles. The highest BCUT2D eigenvalue weighted by molar-refractivity contribution is 9.10. The predicted molar refractivity (Wildman–Crippen MR) is 82.6 cm³/mol. The molecule has 1 N–H and O–H groups in total. The summed E-state index contributed by atoms with van der Waals surface area (Å²) in [6.07, 6.45) is 1.72. The smallest absolute Gasteiger partial charge is 0.232 e. The maximum absolute atomic E-state index is 5.75. The number of nitrogens with zero attached hydrogens (tertiary/aromatic N) is 4. The van der Waals surface area contributed by atoms with Gasteiger partial charge in [0.1, 0.15) is 0 Å². The zero-order valence-electron chi connectivity index (χ0n) is 9.81. The predicted octanol–water partition coefficient (Wildman–Crippen LogP) is 4.23. The number of halogens is 3. The second-order valence-corrected chi connectivity index (χ2v) is 5.44. The van der Waals surface area contributed by atoms with Crippen LogP contribution in [0, 0.1) is 0 Å². The molecular formula is C12H6BrCl2N5. The number of hydrogen-bond acceptors (Lipinski definition) is 5. The van der Waals surface area contributed by atoms with Crippen LogP contribution < -0.4 is 5.32 Å². The summed E-state index contributed by atoms with van der Waals surface area (Å²) in [6.45, 7) is 0. The van der Waals surface area contributed by atoms with Gasteiger partial charge >= 0.3 is 0 Å². The molecule has 3 aromatic rings. The van der Waals surface area contributed by atoms with Crippen molar-refractivity contribution in [2.75, 3.05) is 5.32 Å². The molecular weight excluding hydrogens is 365 g/mol. The van der Waals surface area contributed by atoms with Crippen LogP contribution in [0.1, 0.15) is 0 Å². The van der Waals surface area contributed by atoms with E-state index in [-0.39, 0.29) is 16.5 Å². The zero-order chi connectivity index (χ0) is 14.1. The van der Waals surface area contributed by atoms with E-state index in [0.717, 1.165) is 21.1 Å². The van der Waals surface area contributed by atoms with E-state index in [4.69, 9.17) is 23.2 Å². The SMILES string of the molecule is Clc1nc(Cl)nc(Nc2cccc3cc(Br)cnc23)n1. The molecule has 0 spiro atoms. The van der Waals surface area contributed by atoms with Gasteiger partial charge in [0.25, 0.3) is 0 Å². The number of nitrogens with one attached hydrogen (secondary N) is 1. The minimum Gasteiger partial charge on any atom is -0.322 e. The highest BCUT2D eigenvalue weighted by atomic mass is 79.9. The highest BCUT2D eigenvalue weighted by Gasteiger charge is 2.07. The second-order valence-electron chi connectivity index (χ2n) is 3.85. The standard InChI is InChI=1S/C12H6BrCl2N5/c13-7-4-6-2-1-3-8(9(6)16-5-7)17-12-19-10(14)18-11(15)20-12/h1-5H,(H,17,18,19,20). The van der Waals surface area contributed by atoms with Crippen LogP contribution in [0.5, 0.6) is 0 Å². The average molecular weight is 371 g/mol. The Hall–Kier alpha value is -1.50. The minimum absolute atomic E-state index is 0.0310. The third-order valence-electron chi connectivity index (χ3n) is 2.50. The van der Waals surface area contributed by atoms with Crippen molar-refractivity contribution in [1.82, 2.24) is 19.9 Å². The van der Waals surface area contributed by atoms with Crippen LogP contribution in [0.25, 0.3) is 10.9 Å². The molecule has 0 unspecified atom stereocenters. The number of anilines is 2. The summed E-state index contributed by atoms with van der Waals surface area (Å²) in [5, 5.41) is 4.08. The van der Waals surface area contributed by atoms with Gasteiger partial charge in [-0.3, -0.25) is 4.98 Å². The third kappa shape index (κ3) is 2.82. The fourth-order valence-electron chi connectivity index (χ4n) is 1.74. The van der Waals surface area contributed by atoms with Crippen LogP contribution in [0.2, 0.25) is 10.6 Å². The summed E-state index contributed by atoms with van der Waals surface area (Å²) in [5.74, 6) is 0.271. The fourth-order valence-corrected chi connectivity index (χ4v) is 2.45. The monoisotopic (exact) mass is 369 g/mol. The number of aromatic nitrogens is 4. The molecule has 0 fully saturated rings. The maximum atomic E-state index is 5.75. The molecule has 20 heavy (non-hydrogen) atoms. The zero-order valence-corrected chi connectivity index (χ0v) is 12.9. The first-order valence-electron chi connectivity index (χ1n) is 5.50. The van der Waals surface area contributed by atoms with Crippen molar-refractivity contribution in [2.45, 2.75) is 0 Å². The summed E-state index contributed by atoms with van der Waals surface area (Å²) >= 11 is 14.9. The summed E-state index contributed by atoms with van der Waals surface area (Å²) in [6, 6.07) is 7.71. The van der Waals surface area contributed by atoms with Crippen molar-refractivity contribution < 1.29 is 0 Å². The number of pyridine rings is 1. The van der Waals surface area contributed by atoms with Gasteiger partial charge in [0.05, 0.1) is 11.2 Å². The Morgan fingerprint density at radius 2 is 1.80 bits per heavy atom. The largest absolute Gasteiger partial charge is 0.322 e. The summed E-state index contributed by atoms with van der Waals surface area (Å²) < 4.78 is 0.911. The molecule has 8 heteroatoms. The van der Waals surface area contributed by atoms with Crippen molar-refractivity contribution in [3.05, 3.63) is 45.5 Å². The minimum atomic E-state index is 0.0310. The van der Waals surface area contributed by atoms with Crippen LogP contribution >= 0.6 is 39.1 Å². The Balaban J connectivity index is 2.06. The molecule has 100 valence electrons. The highest BCUT2D eigenvalue weighted by Crippen LogP contribution is 2.26. The van der Waals surface area contributed by atoms with Crippen LogP contribution in [0.4, 0.5) is 11.6 Å². The van der Waals surface area contributed by atoms with Gasteiger partial charge in [-0.1, -0.05) is 12.1 Å². The van der Waals surface area contributed by atoms with Gasteiger partial charge in [-0.2, -0.15) is 15.0 Å². The Morgan fingerprint density at radius 3 is 2.55 bits per heavy atom. The maximum Gasteiger partial charge on any atom is 0.232 e. The molecule has 0 radical (unpaired) electrons. The molecule has 3 rings (SSSR count). The van der Waals surface area contributed by atoms with Gasteiger partial charge < -0.3 is 5.32 Å². The normalized spacial score (nSPS) is 10.8. The van der Waals surface area contributed by atoms with Crippen LogP contribution in [-0.2, 0) is 0 Å². The summed E-state index contributed by atoms with van der Waals surface area (Å²) in [5.41, 5.74) is 1.55. The lowest BCUT2D eigenvalue weighted by Gasteiger charge is -2.08. The van der Waals surface area contributed by atoms with Gasteiger partial charge in [0.2, 0.25) is 16.5 Å². The lowest BCUT2D eigenvalue weighted by Crippen LogP contribution is -2.00. The first kappa shape index (κ1) is 13.5. The van der Waals surface area contributed by atoms with Gasteiger partial charge in [0, 0.05) is 16.1 Å². The first-order chi connectivity index (χ1) is 9.61. The fraction of sp³-hybridized carbons (Fsp3) is 0. The Bertz CT molecular complexity index is 776. The molecule has 0 saturated carbocycles. The summed E-state index contributed by atoms with van der Waals surface area (Å²) in [4.78, 5) is 16.0. The van der Waals surface area contributed by atoms with E-state index in [2.05, 4.69) is 41.2 Å². The van der Waals surface area contributed by atoms with Crippen molar-refractivity contribution in [2.24, 2.45) is 0 Å². The van der Waals surface area contributed by atoms with Gasteiger partial charge in [-0.25, -0.2) is 0 Å². The number of rotatable bonds is 2. The van der Waals surface area contributed by atoms with Crippen molar-refractivity contribution in [3.63, 3.8) is 0 Å².